The molecule has 2 aromatic rings. The van der Waals surface area contributed by atoms with Crippen LogP contribution >= 0.6 is 0 Å². The van der Waals surface area contributed by atoms with Crippen LogP contribution in [0.15, 0.2) is 58.1 Å². The van der Waals surface area contributed by atoms with Crippen molar-refractivity contribution in [3.05, 3.63) is 69.0 Å². The van der Waals surface area contributed by atoms with Crippen molar-refractivity contribution >= 4 is 11.9 Å². The van der Waals surface area contributed by atoms with E-state index < -0.39 is 22.8 Å². The fraction of sp³-hybridized carbons (Fsp3) is 0.600. The van der Waals surface area contributed by atoms with Gasteiger partial charge in [0.05, 0.1) is 0 Å². The van der Waals surface area contributed by atoms with Gasteiger partial charge >= 0.3 is 11.9 Å². The molecule has 0 aliphatic heterocycles. The Morgan fingerprint density at radius 2 is 0.696 bits per heavy atom. The second-order valence-corrected chi connectivity index (χ2v) is 12.5. The third-order valence-corrected chi connectivity index (χ3v) is 8.39. The van der Waals surface area contributed by atoms with Crippen molar-refractivity contribution in [3.8, 4) is 22.6 Å². The molecule has 6 nitrogen and oxygen atoms in total. The first-order valence-corrected chi connectivity index (χ1v) is 18.1. The van der Waals surface area contributed by atoms with E-state index in [1.165, 1.54) is 114 Å². The molecule has 0 aromatic heterocycles. The van der Waals surface area contributed by atoms with Gasteiger partial charge in [-0.1, -0.05) is 154 Å². The van der Waals surface area contributed by atoms with Crippen molar-refractivity contribution in [1.82, 2.24) is 0 Å². The lowest BCUT2D eigenvalue weighted by Crippen LogP contribution is -2.12. The van der Waals surface area contributed by atoms with Gasteiger partial charge in [0.15, 0.2) is 11.5 Å². The number of hydrogen-bond donors (Lipinski definition) is 0. The van der Waals surface area contributed by atoms with Crippen LogP contribution in [0.25, 0.3) is 11.1 Å². The van der Waals surface area contributed by atoms with Crippen LogP contribution in [-0.2, 0) is 9.59 Å². The third kappa shape index (κ3) is 17.4. The number of carbonyl (C=O) groups is 2. The molecule has 0 heterocycles. The average molecular weight is 635 g/mol. The van der Waals surface area contributed by atoms with Gasteiger partial charge in [0.2, 0.25) is 10.9 Å². The minimum Gasteiger partial charge on any atom is -0.422 e. The maximum atomic E-state index is 12.6. The Bertz CT molecular complexity index is 1170. The van der Waals surface area contributed by atoms with Crippen LogP contribution in [0.3, 0.4) is 0 Å². The lowest BCUT2D eigenvalue weighted by Gasteiger charge is -2.03. The molecular weight excluding hydrogens is 576 g/mol. The highest BCUT2D eigenvalue weighted by molar-refractivity contribution is 5.73. The van der Waals surface area contributed by atoms with Crippen molar-refractivity contribution in [2.24, 2.45) is 0 Å². The highest BCUT2D eigenvalue weighted by Gasteiger charge is 2.10. The second-order valence-electron chi connectivity index (χ2n) is 12.5. The van der Waals surface area contributed by atoms with E-state index >= 15 is 0 Å². The Kier molecular flexibility index (Phi) is 21.0. The molecule has 0 aliphatic carbocycles. The fourth-order valence-electron chi connectivity index (χ4n) is 5.52. The summed E-state index contributed by atoms with van der Waals surface area (Å²) >= 11 is 0. The maximum Gasteiger partial charge on any atom is 0.311 e. The van der Waals surface area contributed by atoms with Crippen LogP contribution in [0, 0.1) is 0 Å². The van der Waals surface area contributed by atoms with Crippen molar-refractivity contribution in [1.29, 1.82) is 0 Å². The first-order valence-electron chi connectivity index (χ1n) is 18.1. The second kappa shape index (κ2) is 24.9. The molecule has 46 heavy (non-hydrogen) atoms. The van der Waals surface area contributed by atoms with Gasteiger partial charge in [0, 0.05) is 12.8 Å². The number of unbranched alkanes of at least 4 members (excludes halogenated alkanes) is 18. The minimum absolute atomic E-state index is 0.0188. The summed E-state index contributed by atoms with van der Waals surface area (Å²) < 4.78 is 10.8. The first-order chi connectivity index (χ1) is 22.4. The monoisotopic (exact) mass is 634 g/mol. The van der Waals surface area contributed by atoms with Crippen LogP contribution in [0.2, 0.25) is 0 Å². The number of hydrogen-bond acceptors (Lipinski definition) is 6. The topological polar surface area (TPSA) is 86.7 Å². The lowest BCUT2D eigenvalue weighted by molar-refractivity contribution is -0.135. The molecule has 0 bridgehead atoms. The van der Waals surface area contributed by atoms with Crippen LogP contribution in [0.4, 0.5) is 0 Å². The summed E-state index contributed by atoms with van der Waals surface area (Å²) in [5.41, 5.74) is 0.530. The van der Waals surface area contributed by atoms with Gasteiger partial charge in [0.25, 0.3) is 0 Å². The number of esters is 2. The Morgan fingerprint density at radius 1 is 0.413 bits per heavy atom. The summed E-state index contributed by atoms with van der Waals surface area (Å²) in [6.45, 7) is 4.45. The summed E-state index contributed by atoms with van der Waals surface area (Å²) in [6.07, 6.45) is 24.1. The molecule has 0 N–H and O–H groups in total. The normalized spacial score (nSPS) is 10.9. The van der Waals surface area contributed by atoms with E-state index in [-0.39, 0.29) is 24.3 Å². The molecule has 0 saturated carbocycles. The smallest absolute Gasteiger partial charge is 0.311 e. The zero-order valence-corrected chi connectivity index (χ0v) is 28.6. The highest BCUT2D eigenvalue weighted by Crippen LogP contribution is 2.20. The van der Waals surface area contributed by atoms with Crippen LogP contribution in [0.5, 0.6) is 11.5 Å². The molecule has 2 rings (SSSR count). The van der Waals surface area contributed by atoms with Crippen molar-refractivity contribution in [2.45, 2.75) is 155 Å². The Morgan fingerprint density at radius 3 is 1.02 bits per heavy atom. The molecule has 0 unspecified atom stereocenters. The van der Waals surface area contributed by atoms with E-state index in [9.17, 15) is 19.2 Å². The van der Waals surface area contributed by atoms with Gasteiger partial charge < -0.3 is 9.47 Å². The number of carbonyl (C=O) groups excluding carboxylic acids is 2. The molecule has 6 heteroatoms. The molecule has 0 spiro atoms. The van der Waals surface area contributed by atoms with Crippen LogP contribution in [0.1, 0.15) is 155 Å². The lowest BCUT2D eigenvalue weighted by atomic mass is 10.1. The quantitative estimate of drug-likeness (QED) is 0.0798. The molecule has 0 atom stereocenters. The SMILES string of the molecule is CCCCCCCCCCCCC(=O)Oc1ccc(-c2ccc(OC(=O)CCCCCCCCCCCC)c(=O)cc2)ccc1=O. The van der Waals surface area contributed by atoms with Crippen LogP contribution in [-0.4, -0.2) is 11.9 Å². The zero-order chi connectivity index (χ0) is 33.2. The molecule has 254 valence electrons. The van der Waals surface area contributed by atoms with Crippen LogP contribution < -0.4 is 20.3 Å². The Hall–Kier alpha value is -3.28. The first kappa shape index (κ1) is 38.9. The van der Waals surface area contributed by atoms with E-state index in [2.05, 4.69) is 13.8 Å². The minimum atomic E-state index is -0.407. The van der Waals surface area contributed by atoms with E-state index in [4.69, 9.17) is 9.47 Å². The summed E-state index contributed by atoms with van der Waals surface area (Å²) in [7, 11) is 0. The number of ether oxygens (including phenoxy) is 2. The van der Waals surface area contributed by atoms with Gasteiger partial charge in [-0.25, -0.2) is 0 Å². The average Bonchev–Trinajstić information content (AvgIpc) is 3.34. The molecular formula is C40H58O6. The van der Waals surface area contributed by atoms with Crippen molar-refractivity contribution in [2.75, 3.05) is 0 Å². The third-order valence-electron chi connectivity index (χ3n) is 8.39. The van der Waals surface area contributed by atoms with E-state index in [0.717, 1.165) is 38.5 Å². The zero-order valence-electron chi connectivity index (χ0n) is 28.6. The van der Waals surface area contributed by atoms with E-state index in [0.29, 0.717) is 11.1 Å². The van der Waals surface area contributed by atoms with Gasteiger partial charge in [-0.2, -0.15) is 0 Å². The van der Waals surface area contributed by atoms with Crippen molar-refractivity contribution in [3.63, 3.8) is 0 Å². The molecule has 0 aliphatic rings. The predicted molar refractivity (Wildman–Crippen MR) is 189 cm³/mol. The molecule has 0 amide bonds. The summed E-state index contributed by atoms with van der Waals surface area (Å²) in [4.78, 5) is 50.0. The molecule has 0 saturated heterocycles. The van der Waals surface area contributed by atoms with Gasteiger partial charge in [0.1, 0.15) is 0 Å². The summed E-state index contributed by atoms with van der Waals surface area (Å²) in [5, 5.41) is 0. The summed E-state index contributed by atoms with van der Waals surface area (Å²) in [6, 6.07) is 12.3. The van der Waals surface area contributed by atoms with Gasteiger partial charge in [-0.3, -0.25) is 19.2 Å². The molecule has 0 fully saturated rings. The van der Waals surface area contributed by atoms with E-state index in [1.807, 2.05) is 0 Å². The largest absolute Gasteiger partial charge is 0.422 e. The number of rotatable bonds is 25. The highest BCUT2D eigenvalue weighted by atomic mass is 16.5. The van der Waals surface area contributed by atoms with E-state index in [1.54, 1.807) is 24.3 Å². The van der Waals surface area contributed by atoms with Gasteiger partial charge in [-0.15, -0.1) is 0 Å². The maximum absolute atomic E-state index is 12.6. The Labute approximate surface area is 277 Å². The van der Waals surface area contributed by atoms with Crippen molar-refractivity contribution < 1.29 is 19.1 Å². The summed E-state index contributed by atoms with van der Waals surface area (Å²) in [5.74, 6) is -0.851. The predicted octanol–water partition coefficient (Wildman–Crippen LogP) is 10.5. The van der Waals surface area contributed by atoms with Gasteiger partial charge in [-0.05, 0) is 48.2 Å². The Balaban J connectivity index is 1.79. The standard InChI is InChI=1S/C40H58O6/c1-3-5-7-9-11-13-15-17-19-21-23-39(43)45-37-31-27-33(25-29-35(37)41)34-26-30-36(42)38(32-28-34)46-40(44)24-22-20-18-16-14-12-10-8-6-4-2/h25-32H,3-24H2,1-2H3. The molecule has 2 aromatic carbocycles. The fourth-order valence-corrected chi connectivity index (χ4v) is 5.52. The molecule has 0 radical (unpaired) electrons.